The highest BCUT2D eigenvalue weighted by Crippen LogP contribution is 2.29. The quantitative estimate of drug-likeness (QED) is 0.876. The number of halogens is 1. The molecule has 0 saturated carbocycles. The molecule has 1 aromatic carbocycles. The Morgan fingerprint density at radius 1 is 1.38 bits per heavy atom. The molecule has 0 aliphatic carbocycles. The molecule has 2 N–H and O–H groups in total. The molecule has 1 saturated heterocycles. The molecule has 21 heavy (non-hydrogen) atoms. The molecule has 3 nitrogen and oxygen atoms in total. The lowest BCUT2D eigenvalue weighted by atomic mass is 10.1. The van der Waals surface area contributed by atoms with E-state index in [-0.39, 0.29) is 18.0 Å². The van der Waals surface area contributed by atoms with E-state index < -0.39 is 0 Å². The fourth-order valence-electron chi connectivity index (χ4n) is 2.83. The second-order valence-corrected chi connectivity index (χ2v) is 6.99. The van der Waals surface area contributed by atoms with Gasteiger partial charge < -0.3 is 15.3 Å². The Morgan fingerprint density at radius 3 is 2.81 bits per heavy atom. The van der Waals surface area contributed by atoms with Crippen LogP contribution in [0.1, 0.15) is 39.2 Å². The van der Waals surface area contributed by atoms with Crippen molar-refractivity contribution in [3.8, 4) is 0 Å². The molecule has 1 atom stereocenters. The summed E-state index contributed by atoms with van der Waals surface area (Å²) in [5, 5.41) is 12.5. The predicted molar refractivity (Wildman–Crippen MR) is 85.0 cm³/mol. The van der Waals surface area contributed by atoms with Gasteiger partial charge in [-0.05, 0) is 63.3 Å². The fourth-order valence-corrected chi connectivity index (χ4v) is 2.83. The highest BCUT2D eigenvalue weighted by Gasteiger charge is 2.24. The highest BCUT2D eigenvalue weighted by atomic mass is 19.1. The average Bonchev–Trinajstić information content (AvgIpc) is 2.84. The Morgan fingerprint density at radius 2 is 2.14 bits per heavy atom. The van der Waals surface area contributed by atoms with E-state index in [1.165, 1.54) is 6.07 Å². The Hall–Kier alpha value is -1.13. The van der Waals surface area contributed by atoms with Crippen LogP contribution in [0.15, 0.2) is 18.2 Å². The van der Waals surface area contributed by atoms with E-state index in [0.29, 0.717) is 12.5 Å². The molecule has 1 heterocycles. The van der Waals surface area contributed by atoms with Crippen molar-refractivity contribution in [3.05, 3.63) is 29.6 Å². The van der Waals surface area contributed by atoms with Crippen LogP contribution < -0.4 is 10.2 Å². The van der Waals surface area contributed by atoms with Crippen LogP contribution in [-0.2, 0) is 6.54 Å². The molecule has 1 unspecified atom stereocenters. The van der Waals surface area contributed by atoms with E-state index in [9.17, 15) is 4.39 Å². The summed E-state index contributed by atoms with van der Waals surface area (Å²) >= 11 is 0. The van der Waals surface area contributed by atoms with E-state index in [2.05, 4.69) is 31.0 Å². The van der Waals surface area contributed by atoms with Crippen LogP contribution in [0.25, 0.3) is 0 Å². The number of aliphatic hydroxyl groups is 1. The Bertz CT molecular complexity index is 470. The number of anilines is 1. The van der Waals surface area contributed by atoms with Crippen molar-refractivity contribution in [2.45, 2.75) is 45.7 Å². The summed E-state index contributed by atoms with van der Waals surface area (Å²) in [6, 6.07) is 5.05. The molecular formula is C17H27FN2O. The number of hydrogen-bond acceptors (Lipinski definition) is 3. The minimum Gasteiger partial charge on any atom is -0.396 e. The summed E-state index contributed by atoms with van der Waals surface area (Å²) in [6.07, 6.45) is 1.96. The number of nitrogens with zero attached hydrogens (tertiary/aromatic N) is 1. The molecule has 118 valence electrons. The van der Waals surface area contributed by atoms with Gasteiger partial charge in [0.15, 0.2) is 0 Å². The van der Waals surface area contributed by atoms with Gasteiger partial charge in [-0.3, -0.25) is 0 Å². The SMILES string of the molecule is CC(C)(C)NCc1cc(F)ccc1N1CCC(CCO)C1. The first-order chi connectivity index (χ1) is 9.89. The second kappa shape index (κ2) is 6.75. The molecule has 1 fully saturated rings. The third-order valence-electron chi connectivity index (χ3n) is 4.01. The fraction of sp³-hybridized carbons (Fsp3) is 0.647. The lowest BCUT2D eigenvalue weighted by Gasteiger charge is -2.25. The van der Waals surface area contributed by atoms with E-state index in [1.807, 2.05) is 6.07 Å². The van der Waals surface area contributed by atoms with Crippen LogP contribution in [0.4, 0.5) is 10.1 Å². The summed E-state index contributed by atoms with van der Waals surface area (Å²) in [5.74, 6) is 0.360. The first-order valence-electron chi connectivity index (χ1n) is 7.78. The minimum atomic E-state index is -0.185. The summed E-state index contributed by atoms with van der Waals surface area (Å²) in [4.78, 5) is 2.32. The molecule has 1 aliphatic heterocycles. The molecule has 4 heteroatoms. The first kappa shape index (κ1) is 16.2. The molecule has 2 rings (SSSR count). The zero-order chi connectivity index (χ0) is 15.5. The van der Waals surface area contributed by atoms with Gasteiger partial charge in [0.2, 0.25) is 0 Å². The number of benzene rings is 1. The van der Waals surface area contributed by atoms with Crippen molar-refractivity contribution >= 4 is 5.69 Å². The Kier molecular flexibility index (Phi) is 5.22. The van der Waals surface area contributed by atoms with Gasteiger partial charge in [-0.25, -0.2) is 4.39 Å². The maximum absolute atomic E-state index is 13.6. The first-order valence-corrected chi connectivity index (χ1v) is 7.78. The van der Waals surface area contributed by atoms with Gasteiger partial charge in [-0.2, -0.15) is 0 Å². The Balaban J connectivity index is 2.12. The van der Waals surface area contributed by atoms with Gasteiger partial charge in [0.05, 0.1) is 0 Å². The molecule has 0 amide bonds. The predicted octanol–water partition coefficient (Wildman–Crippen LogP) is 2.92. The normalized spacial score (nSPS) is 19.3. The highest BCUT2D eigenvalue weighted by molar-refractivity contribution is 5.54. The third kappa shape index (κ3) is 4.68. The maximum atomic E-state index is 13.6. The van der Waals surface area contributed by atoms with Gasteiger partial charge in [0.1, 0.15) is 5.82 Å². The topological polar surface area (TPSA) is 35.5 Å². The Labute approximate surface area is 127 Å². The smallest absolute Gasteiger partial charge is 0.123 e. The number of rotatable bonds is 5. The molecule has 0 aromatic heterocycles. The monoisotopic (exact) mass is 294 g/mol. The number of aliphatic hydroxyl groups excluding tert-OH is 1. The summed E-state index contributed by atoms with van der Waals surface area (Å²) < 4.78 is 13.6. The van der Waals surface area contributed by atoms with E-state index >= 15 is 0 Å². The van der Waals surface area contributed by atoms with Crippen LogP contribution in [-0.4, -0.2) is 30.3 Å². The maximum Gasteiger partial charge on any atom is 0.123 e. The molecule has 1 aliphatic rings. The van der Waals surface area contributed by atoms with Gasteiger partial charge in [0, 0.05) is 37.5 Å². The van der Waals surface area contributed by atoms with Gasteiger partial charge >= 0.3 is 0 Å². The summed E-state index contributed by atoms with van der Waals surface area (Å²) in [5.41, 5.74) is 2.14. The van der Waals surface area contributed by atoms with Crippen LogP contribution in [0, 0.1) is 11.7 Å². The van der Waals surface area contributed by atoms with E-state index in [1.54, 1.807) is 6.07 Å². The number of hydrogen-bond donors (Lipinski definition) is 2. The van der Waals surface area contributed by atoms with Gasteiger partial charge in [-0.1, -0.05) is 0 Å². The van der Waals surface area contributed by atoms with Gasteiger partial charge in [-0.15, -0.1) is 0 Å². The van der Waals surface area contributed by atoms with Crippen LogP contribution in [0.5, 0.6) is 0 Å². The lowest BCUT2D eigenvalue weighted by Crippen LogP contribution is -2.35. The molecular weight excluding hydrogens is 267 g/mol. The zero-order valence-corrected chi connectivity index (χ0v) is 13.3. The third-order valence-corrected chi connectivity index (χ3v) is 4.01. The lowest BCUT2D eigenvalue weighted by molar-refractivity contribution is 0.263. The number of nitrogens with one attached hydrogen (secondary N) is 1. The summed E-state index contributed by atoms with van der Waals surface area (Å²) in [6.45, 7) is 9.18. The van der Waals surface area contributed by atoms with Crippen LogP contribution in [0.2, 0.25) is 0 Å². The van der Waals surface area contributed by atoms with Crippen molar-refractivity contribution < 1.29 is 9.50 Å². The standard InChI is InChI=1S/C17H27FN2O/c1-17(2,3)19-11-14-10-15(18)4-5-16(14)20-8-6-13(12-20)7-9-21/h4-5,10,13,19,21H,6-9,11-12H2,1-3H3. The largest absolute Gasteiger partial charge is 0.396 e. The van der Waals surface area contributed by atoms with E-state index in [4.69, 9.17) is 5.11 Å². The van der Waals surface area contributed by atoms with Crippen LogP contribution in [0.3, 0.4) is 0 Å². The van der Waals surface area contributed by atoms with Crippen molar-refractivity contribution in [2.24, 2.45) is 5.92 Å². The van der Waals surface area contributed by atoms with Gasteiger partial charge in [0.25, 0.3) is 0 Å². The second-order valence-electron chi connectivity index (χ2n) is 6.99. The van der Waals surface area contributed by atoms with Crippen molar-refractivity contribution in [2.75, 3.05) is 24.6 Å². The average molecular weight is 294 g/mol. The minimum absolute atomic E-state index is 0.00796. The zero-order valence-electron chi connectivity index (χ0n) is 13.3. The van der Waals surface area contributed by atoms with Crippen molar-refractivity contribution in [1.29, 1.82) is 0 Å². The molecule has 0 radical (unpaired) electrons. The summed E-state index contributed by atoms with van der Waals surface area (Å²) in [7, 11) is 0. The van der Waals surface area contributed by atoms with E-state index in [0.717, 1.165) is 37.2 Å². The van der Waals surface area contributed by atoms with Crippen molar-refractivity contribution in [1.82, 2.24) is 5.32 Å². The van der Waals surface area contributed by atoms with Crippen molar-refractivity contribution in [3.63, 3.8) is 0 Å². The molecule has 0 spiro atoms. The van der Waals surface area contributed by atoms with Crippen LogP contribution >= 0.6 is 0 Å². The molecule has 0 bridgehead atoms. The molecule has 1 aromatic rings.